The molecule has 2 saturated heterocycles. The predicted octanol–water partition coefficient (Wildman–Crippen LogP) is 3.77. The number of benzene rings is 1. The summed E-state index contributed by atoms with van der Waals surface area (Å²) in [6.07, 6.45) is 6.21. The lowest BCUT2D eigenvalue weighted by atomic mass is 9.99. The number of likely N-dealkylation sites (tertiary alicyclic amines) is 1. The van der Waals surface area contributed by atoms with Crippen molar-refractivity contribution < 1.29 is 28.2 Å². The number of aryl methyl sites for hydroxylation is 1. The molecular weight excluding hydrogens is 649 g/mol. The maximum Gasteiger partial charge on any atom is 0.251 e. The van der Waals surface area contributed by atoms with E-state index in [0.29, 0.717) is 62.0 Å². The summed E-state index contributed by atoms with van der Waals surface area (Å²) in [5, 5.41) is 17.3. The van der Waals surface area contributed by atoms with Gasteiger partial charge in [0.2, 0.25) is 5.91 Å². The second-order valence-corrected chi connectivity index (χ2v) is 13.1. The third-order valence-electron chi connectivity index (χ3n) is 9.56. The summed E-state index contributed by atoms with van der Waals surface area (Å²) in [7, 11) is 0. The fourth-order valence-electron chi connectivity index (χ4n) is 6.72. The molecule has 0 unspecified atom stereocenters. The number of nitrogens with one attached hydrogen (secondary N) is 2. The number of rotatable bonds is 11. The molecule has 1 atom stereocenters. The molecule has 2 amide bonds. The van der Waals surface area contributed by atoms with Gasteiger partial charge in [-0.3, -0.25) is 14.5 Å². The molecular formula is C35H48FN7O5S. The molecule has 14 heteroatoms. The summed E-state index contributed by atoms with van der Waals surface area (Å²) in [5.41, 5.74) is 3.06. The smallest absolute Gasteiger partial charge is 0.251 e. The average Bonchev–Trinajstić information content (AvgIpc) is 3.51. The van der Waals surface area contributed by atoms with Gasteiger partial charge in [0.05, 0.1) is 11.8 Å². The number of hydrogen-bond donors (Lipinski definition) is 3. The number of hydrogen-bond acceptors (Lipinski definition) is 10. The van der Waals surface area contributed by atoms with Crippen molar-refractivity contribution in [3.8, 4) is 5.75 Å². The fraction of sp³-hybridized carbons (Fsp3) is 0.543. The van der Waals surface area contributed by atoms with E-state index in [2.05, 4.69) is 25.4 Å². The van der Waals surface area contributed by atoms with E-state index >= 15 is 0 Å². The maximum atomic E-state index is 14.9. The van der Waals surface area contributed by atoms with Crippen molar-refractivity contribution in [2.45, 2.75) is 77.7 Å². The monoisotopic (exact) mass is 697 g/mol. The Morgan fingerprint density at radius 3 is 2.57 bits per heavy atom. The lowest BCUT2D eigenvalue weighted by Gasteiger charge is -2.32. The third kappa shape index (κ3) is 9.43. The zero-order valence-electron chi connectivity index (χ0n) is 28.3. The molecule has 2 fully saturated rings. The van der Waals surface area contributed by atoms with Crippen LogP contribution >= 0.6 is 13.5 Å². The van der Waals surface area contributed by atoms with Crippen LogP contribution in [0.2, 0.25) is 0 Å². The molecule has 3 aliphatic heterocycles. The van der Waals surface area contributed by atoms with Crippen molar-refractivity contribution in [3.05, 3.63) is 64.6 Å². The Labute approximate surface area is 293 Å². The highest BCUT2D eigenvalue weighted by Crippen LogP contribution is 2.28. The van der Waals surface area contributed by atoms with Gasteiger partial charge in [0.25, 0.3) is 5.91 Å². The van der Waals surface area contributed by atoms with Gasteiger partial charge in [0.1, 0.15) is 18.2 Å². The van der Waals surface area contributed by atoms with E-state index in [-0.39, 0.29) is 50.3 Å². The van der Waals surface area contributed by atoms with Crippen LogP contribution in [0.15, 0.2) is 35.1 Å². The molecule has 3 aliphatic rings. The molecule has 3 N–H and O–H groups in total. The lowest BCUT2D eigenvalue weighted by molar-refractivity contribution is -0.129. The number of oxazole rings is 1. The summed E-state index contributed by atoms with van der Waals surface area (Å²) in [6.45, 7) is 8.29. The first-order valence-corrected chi connectivity index (χ1v) is 17.0. The summed E-state index contributed by atoms with van der Waals surface area (Å²) in [5.74, 6) is 1.52. The summed E-state index contributed by atoms with van der Waals surface area (Å²) in [4.78, 5) is 40.2. The number of halogens is 1. The number of carbonyl (C=O) groups is 2. The molecule has 5 heterocycles. The number of β-amino-alcohol motifs (C(OH)–C–C–N with tert-alkyl or cyclic N) is 1. The number of pyridine rings is 1. The molecule has 12 nitrogen and oxygen atoms in total. The second-order valence-electron chi connectivity index (χ2n) is 13.1. The topological polar surface area (TPSA) is 136 Å². The number of aromatic nitrogens is 2. The summed E-state index contributed by atoms with van der Waals surface area (Å²) < 4.78 is 25.9. The van der Waals surface area contributed by atoms with Crippen LogP contribution in [-0.2, 0) is 24.4 Å². The number of nitrogens with zero attached hydrogens (tertiary/aromatic N) is 5. The van der Waals surface area contributed by atoms with E-state index in [1.54, 1.807) is 19.1 Å². The minimum Gasteiger partial charge on any atom is -0.482 e. The number of fused-ring (bicyclic) bond motifs is 1. The van der Waals surface area contributed by atoms with E-state index in [9.17, 15) is 19.1 Å². The van der Waals surface area contributed by atoms with E-state index in [1.807, 2.05) is 17.9 Å². The maximum absolute atomic E-state index is 14.9. The number of piperidine rings is 2. The Balaban J connectivity index is 0.00000468. The van der Waals surface area contributed by atoms with E-state index in [1.165, 1.54) is 18.9 Å². The molecule has 0 spiro atoms. The average molecular weight is 698 g/mol. The number of carbonyl (C=O) groups excluding carboxylic acids is 2. The molecule has 266 valence electrons. The van der Waals surface area contributed by atoms with Gasteiger partial charge in [-0.1, -0.05) is 0 Å². The number of aliphatic hydroxyl groups excluding tert-OH is 1. The molecule has 0 saturated carbocycles. The molecule has 6 rings (SSSR count). The zero-order chi connectivity index (χ0) is 33.6. The zero-order valence-corrected chi connectivity index (χ0v) is 29.3. The minimum atomic E-state index is -0.805. The van der Waals surface area contributed by atoms with Gasteiger partial charge < -0.3 is 34.7 Å². The van der Waals surface area contributed by atoms with Gasteiger partial charge in [-0.2, -0.15) is 13.5 Å². The van der Waals surface area contributed by atoms with Crippen LogP contribution in [-0.4, -0.2) is 94.6 Å². The minimum absolute atomic E-state index is 0. The molecule has 49 heavy (non-hydrogen) atoms. The lowest BCUT2D eigenvalue weighted by Crippen LogP contribution is -2.42. The molecule has 0 bridgehead atoms. The Hall–Kier alpha value is -3.88. The first kappa shape index (κ1) is 36.4. The molecule has 1 aromatic carbocycles. The molecule has 3 aromatic rings. The van der Waals surface area contributed by atoms with Crippen molar-refractivity contribution in [1.29, 1.82) is 0 Å². The number of ether oxygens (including phenoxy) is 1. The Morgan fingerprint density at radius 2 is 1.86 bits per heavy atom. The van der Waals surface area contributed by atoms with Crippen molar-refractivity contribution in [2.75, 3.05) is 56.0 Å². The van der Waals surface area contributed by atoms with Gasteiger partial charge in [0.15, 0.2) is 23.7 Å². The first-order chi connectivity index (χ1) is 23.2. The van der Waals surface area contributed by atoms with Gasteiger partial charge in [-0.05, 0) is 80.8 Å². The van der Waals surface area contributed by atoms with Crippen LogP contribution in [0.5, 0.6) is 5.75 Å². The highest BCUT2D eigenvalue weighted by Gasteiger charge is 2.24. The first-order valence-electron chi connectivity index (χ1n) is 17.0. The normalized spacial score (nSPS) is 17.6. The Bertz CT molecular complexity index is 1590. The Morgan fingerprint density at radius 1 is 1.08 bits per heavy atom. The Kier molecular flexibility index (Phi) is 12.4. The van der Waals surface area contributed by atoms with Gasteiger partial charge in [-0.15, -0.1) is 0 Å². The van der Waals surface area contributed by atoms with E-state index in [0.717, 1.165) is 55.7 Å². The number of anilines is 2. The van der Waals surface area contributed by atoms with E-state index < -0.39 is 11.9 Å². The van der Waals surface area contributed by atoms with Crippen molar-refractivity contribution in [1.82, 2.24) is 25.1 Å². The molecule has 0 radical (unpaired) electrons. The predicted molar refractivity (Wildman–Crippen MR) is 189 cm³/mol. The highest BCUT2D eigenvalue weighted by atomic mass is 32.1. The summed E-state index contributed by atoms with van der Waals surface area (Å²) in [6, 6.07) is 7.01. The number of amides is 2. The SMILES string of the molecule is CC(=O)N1CCC(Nc2cc(C(=O)NC[C@H](O)CN3CCc4cc(OCc5ocnc5C)c(F)cc4C3)cc(N3CCCCC3)n2)CC1.S. The van der Waals surface area contributed by atoms with Crippen LogP contribution in [0, 0.1) is 12.7 Å². The van der Waals surface area contributed by atoms with E-state index in [4.69, 9.17) is 14.1 Å². The van der Waals surface area contributed by atoms with Crippen LogP contribution in [0.1, 0.15) is 72.0 Å². The molecule has 2 aromatic heterocycles. The van der Waals surface area contributed by atoms with Crippen molar-refractivity contribution in [2.24, 2.45) is 0 Å². The van der Waals surface area contributed by atoms with Crippen LogP contribution in [0.25, 0.3) is 0 Å². The molecule has 0 aliphatic carbocycles. The van der Waals surface area contributed by atoms with Crippen molar-refractivity contribution in [3.63, 3.8) is 0 Å². The van der Waals surface area contributed by atoms with Crippen LogP contribution < -0.4 is 20.3 Å². The quantitative estimate of drug-likeness (QED) is 0.272. The summed E-state index contributed by atoms with van der Waals surface area (Å²) >= 11 is 0. The van der Waals surface area contributed by atoms with Crippen LogP contribution in [0.3, 0.4) is 0 Å². The van der Waals surface area contributed by atoms with Gasteiger partial charge in [-0.25, -0.2) is 14.4 Å². The van der Waals surface area contributed by atoms with Gasteiger partial charge in [0, 0.05) is 70.9 Å². The fourth-order valence-corrected chi connectivity index (χ4v) is 6.72. The second kappa shape index (κ2) is 16.7. The number of aliphatic hydroxyl groups is 1. The standard InChI is InChI=1S/C35H46FN7O5.H2S/c1-23-32(48-22-38-23)21-47-31-15-25-6-11-41(19-27(25)14-30(31)36)20-29(45)18-37-35(46)26-16-33(39-28-7-12-42(13-8-28)24(2)44)40-34(17-26)43-9-4-3-5-10-43;/h14-17,22,28-29,45H,3-13,18-21H2,1-2H3,(H,37,46)(H,39,40);1H2/t29-;/m0./s1. The largest absolute Gasteiger partial charge is 0.482 e. The highest BCUT2D eigenvalue weighted by molar-refractivity contribution is 7.59. The van der Waals surface area contributed by atoms with Crippen molar-refractivity contribution >= 4 is 36.9 Å². The third-order valence-corrected chi connectivity index (χ3v) is 9.56. The van der Waals surface area contributed by atoms with Crippen LogP contribution in [0.4, 0.5) is 16.0 Å². The van der Waals surface area contributed by atoms with Gasteiger partial charge >= 0.3 is 0 Å².